The lowest BCUT2D eigenvalue weighted by Crippen LogP contribution is -2.08. The predicted octanol–water partition coefficient (Wildman–Crippen LogP) is 4.12. The second kappa shape index (κ2) is 7.09. The smallest absolute Gasteiger partial charge is 0.341 e. The van der Waals surface area contributed by atoms with Crippen LogP contribution in [0, 0.1) is 0 Å². The first-order valence-corrected chi connectivity index (χ1v) is 7.28. The molecule has 2 aromatic carbocycles. The quantitative estimate of drug-likeness (QED) is 0.807. The number of carbonyl (C=O) groups is 2. The lowest BCUT2D eigenvalue weighted by Gasteiger charge is -2.11. The van der Waals surface area contributed by atoms with Gasteiger partial charge in [0.15, 0.2) is 0 Å². The topological polar surface area (TPSA) is 72.8 Å². The molecule has 0 saturated heterocycles. The number of esters is 1. The fraction of sp³-hybridized carbons (Fsp3) is 0.125. The van der Waals surface area contributed by atoms with E-state index >= 15 is 0 Å². The Morgan fingerprint density at radius 3 is 2.41 bits per heavy atom. The van der Waals surface area contributed by atoms with Crippen LogP contribution in [0.15, 0.2) is 46.9 Å². The average Bonchev–Trinajstić information content (AvgIpc) is 2.49. The summed E-state index contributed by atoms with van der Waals surface area (Å²) >= 11 is 3.31. The van der Waals surface area contributed by atoms with Crippen molar-refractivity contribution in [3.8, 4) is 11.5 Å². The number of aromatic carboxylic acids is 1. The molecule has 2 rings (SSSR count). The van der Waals surface area contributed by atoms with Gasteiger partial charge >= 0.3 is 11.9 Å². The molecule has 0 saturated carbocycles. The van der Waals surface area contributed by atoms with E-state index in [4.69, 9.17) is 14.6 Å². The maximum absolute atomic E-state index is 11.9. The molecular formula is C16H13BrO5. The summed E-state index contributed by atoms with van der Waals surface area (Å²) < 4.78 is 11.5. The number of carboxylic acids is 1. The molecule has 0 aromatic heterocycles. The van der Waals surface area contributed by atoms with Gasteiger partial charge in [-0.15, -0.1) is 0 Å². The van der Waals surface area contributed by atoms with Gasteiger partial charge < -0.3 is 14.6 Å². The summed E-state index contributed by atoms with van der Waals surface area (Å²) in [5.41, 5.74) is 0.204. The Morgan fingerprint density at radius 2 is 1.82 bits per heavy atom. The number of benzene rings is 2. The summed E-state index contributed by atoms with van der Waals surface area (Å²) in [5.74, 6) is -1.04. The summed E-state index contributed by atoms with van der Waals surface area (Å²) in [7, 11) is 0. The van der Waals surface area contributed by atoms with Crippen molar-refractivity contribution in [1.82, 2.24) is 0 Å². The third kappa shape index (κ3) is 3.85. The zero-order valence-corrected chi connectivity index (χ0v) is 13.3. The first kappa shape index (κ1) is 16.0. The number of carbonyl (C=O) groups excluding carboxylic acids is 1. The molecule has 0 aliphatic carbocycles. The van der Waals surface area contributed by atoms with Crippen molar-refractivity contribution in [2.45, 2.75) is 6.92 Å². The molecule has 1 N–H and O–H groups in total. The first-order valence-electron chi connectivity index (χ1n) is 6.49. The van der Waals surface area contributed by atoms with Crippen molar-refractivity contribution in [3.63, 3.8) is 0 Å². The minimum Gasteiger partial charge on any atom is -0.478 e. The van der Waals surface area contributed by atoms with Crippen LogP contribution < -0.4 is 4.74 Å². The molecule has 0 heterocycles. The summed E-state index contributed by atoms with van der Waals surface area (Å²) in [6.45, 7) is 1.91. The zero-order chi connectivity index (χ0) is 16.1. The van der Waals surface area contributed by atoms with Gasteiger partial charge in [-0.05, 0) is 49.4 Å². The molecular weight excluding hydrogens is 352 g/mol. The van der Waals surface area contributed by atoms with Gasteiger partial charge in [-0.1, -0.05) is 15.9 Å². The Bertz CT molecular complexity index is 694. The largest absolute Gasteiger partial charge is 0.478 e. The van der Waals surface area contributed by atoms with Gasteiger partial charge in [0.2, 0.25) is 0 Å². The molecule has 0 radical (unpaired) electrons. The maximum Gasteiger partial charge on any atom is 0.341 e. The average molecular weight is 365 g/mol. The Kier molecular flexibility index (Phi) is 5.16. The van der Waals surface area contributed by atoms with E-state index in [-0.39, 0.29) is 23.5 Å². The Morgan fingerprint density at radius 1 is 1.14 bits per heavy atom. The van der Waals surface area contributed by atoms with Crippen LogP contribution in [0.5, 0.6) is 11.5 Å². The molecule has 6 heteroatoms. The molecule has 0 aliphatic rings. The highest BCUT2D eigenvalue weighted by atomic mass is 79.9. The summed E-state index contributed by atoms with van der Waals surface area (Å²) in [4.78, 5) is 23.0. The number of halogens is 1. The normalized spacial score (nSPS) is 10.1. The van der Waals surface area contributed by atoms with Gasteiger partial charge in [-0.25, -0.2) is 9.59 Å². The standard InChI is InChI=1S/C16H13BrO5/c1-2-21-16(20)13-8-3-10(15(18)19)9-14(13)22-12-6-4-11(17)5-7-12/h3-9H,2H2,1H3,(H,18,19). The van der Waals surface area contributed by atoms with Crippen LogP contribution in [0.1, 0.15) is 27.6 Å². The highest BCUT2D eigenvalue weighted by Gasteiger charge is 2.17. The van der Waals surface area contributed by atoms with E-state index in [2.05, 4.69) is 15.9 Å². The van der Waals surface area contributed by atoms with Gasteiger partial charge in [-0.2, -0.15) is 0 Å². The number of hydrogen-bond donors (Lipinski definition) is 1. The van der Waals surface area contributed by atoms with Crippen molar-refractivity contribution in [2.24, 2.45) is 0 Å². The van der Waals surface area contributed by atoms with Crippen LogP contribution in [-0.2, 0) is 4.74 Å². The highest BCUT2D eigenvalue weighted by molar-refractivity contribution is 9.10. The Labute approximate surface area is 135 Å². The van der Waals surface area contributed by atoms with Crippen LogP contribution in [0.2, 0.25) is 0 Å². The van der Waals surface area contributed by atoms with Crippen LogP contribution >= 0.6 is 15.9 Å². The van der Waals surface area contributed by atoms with Crippen LogP contribution in [0.4, 0.5) is 0 Å². The molecule has 22 heavy (non-hydrogen) atoms. The second-order valence-corrected chi connectivity index (χ2v) is 5.21. The molecule has 5 nitrogen and oxygen atoms in total. The van der Waals surface area contributed by atoms with E-state index in [9.17, 15) is 9.59 Å². The van der Waals surface area contributed by atoms with E-state index in [1.807, 2.05) is 0 Å². The van der Waals surface area contributed by atoms with Crippen LogP contribution in [0.3, 0.4) is 0 Å². The SMILES string of the molecule is CCOC(=O)c1ccc(C(=O)O)cc1Oc1ccc(Br)cc1. The van der Waals surface area contributed by atoms with Crippen LogP contribution in [0.25, 0.3) is 0 Å². The monoisotopic (exact) mass is 364 g/mol. The zero-order valence-electron chi connectivity index (χ0n) is 11.7. The number of ether oxygens (including phenoxy) is 2. The van der Waals surface area contributed by atoms with E-state index < -0.39 is 11.9 Å². The lowest BCUT2D eigenvalue weighted by molar-refractivity contribution is 0.0522. The van der Waals surface area contributed by atoms with Crippen molar-refractivity contribution in [3.05, 3.63) is 58.1 Å². The van der Waals surface area contributed by atoms with Crippen molar-refractivity contribution >= 4 is 27.9 Å². The molecule has 114 valence electrons. The molecule has 0 amide bonds. The summed E-state index contributed by atoms with van der Waals surface area (Å²) in [6, 6.07) is 11.0. The molecule has 0 fully saturated rings. The van der Waals surface area contributed by atoms with Gasteiger partial charge in [-0.3, -0.25) is 0 Å². The fourth-order valence-corrected chi connectivity index (χ4v) is 2.01. The minimum absolute atomic E-state index is 0.0279. The van der Waals surface area contributed by atoms with Crippen LogP contribution in [-0.4, -0.2) is 23.7 Å². The van der Waals surface area contributed by atoms with Crippen molar-refractivity contribution in [2.75, 3.05) is 6.61 Å². The predicted molar refractivity (Wildman–Crippen MR) is 83.6 cm³/mol. The van der Waals surface area contributed by atoms with E-state index in [0.29, 0.717) is 5.75 Å². The number of carboxylic acid groups (broad SMARTS) is 1. The molecule has 0 spiro atoms. The molecule has 2 aromatic rings. The third-order valence-electron chi connectivity index (χ3n) is 2.77. The Hall–Kier alpha value is -2.34. The first-order chi connectivity index (χ1) is 10.5. The van der Waals surface area contributed by atoms with E-state index in [1.54, 1.807) is 31.2 Å². The maximum atomic E-state index is 11.9. The van der Waals surface area contributed by atoms with Gasteiger partial charge in [0, 0.05) is 4.47 Å². The molecule has 0 unspecified atom stereocenters. The molecule has 0 atom stereocenters. The minimum atomic E-state index is -1.10. The third-order valence-corrected chi connectivity index (χ3v) is 3.29. The second-order valence-electron chi connectivity index (χ2n) is 4.29. The summed E-state index contributed by atoms with van der Waals surface area (Å²) in [5, 5.41) is 9.07. The number of hydrogen-bond acceptors (Lipinski definition) is 4. The number of rotatable bonds is 5. The molecule has 0 bridgehead atoms. The highest BCUT2D eigenvalue weighted by Crippen LogP contribution is 2.28. The lowest BCUT2D eigenvalue weighted by atomic mass is 10.1. The van der Waals surface area contributed by atoms with Crippen molar-refractivity contribution < 1.29 is 24.2 Å². The van der Waals surface area contributed by atoms with E-state index in [0.717, 1.165) is 4.47 Å². The van der Waals surface area contributed by atoms with Gasteiger partial charge in [0.1, 0.15) is 17.1 Å². The Balaban J connectivity index is 2.40. The van der Waals surface area contributed by atoms with Crippen molar-refractivity contribution in [1.29, 1.82) is 0 Å². The summed E-state index contributed by atoms with van der Waals surface area (Å²) in [6.07, 6.45) is 0. The molecule has 0 aliphatic heterocycles. The fourth-order valence-electron chi connectivity index (χ4n) is 1.75. The van der Waals surface area contributed by atoms with Gasteiger partial charge in [0.05, 0.1) is 12.2 Å². The van der Waals surface area contributed by atoms with Gasteiger partial charge in [0.25, 0.3) is 0 Å². The van der Waals surface area contributed by atoms with E-state index in [1.165, 1.54) is 18.2 Å².